The fraction of sp³-hybridized carbons (Fsp3) is 1.00. The normalized spacial score (nSPS) is 15.0. The number of nitrogens with zero attached hydrogens (tertiary/aromatic N) is 1. The molecule has 104 valence electrons. The van der Waals surface area contributed by atoms with Gasteiger partial charge in [-0.15, -0.1) is 0 Å². The van der Waals surface area contributed by atoms with Crippen molar-refractivity contribution < 1.29 is 4.48 Å². The summed E-state index contributed by atoms with van der Waals surface area (Å²) < 4.78 is 1.22. The van der Waals surface area contributed by atoms with E-state index in [0.717, 1.165) is 17.3 Å². The molecule has 0 aromatic carbocycles. The number of hydrogen-bond donors (Lipinski definition) is 0. The van der Waals surface area contributed by atoms with Crippen LogP contribution >= 0.6 is 0 Å². The molecule has 17 heavy (non-hydrogen) atoms. The van der Waals surface area contributed by atoms with Crippen LogP contribution in [0.4, 0.5) is 0 Å². The second-order valence-corrected chi connectivity index (χ2v) is 9.14. The first-order chi connectivity index (χ1) is 7.71. The Kier molecular flexibility index (Phi) is 7.82. The predicted octanol–water partition coefficient (Wildman–Crippen LogP) is 3.69. The summed E-state index contributed by atoms with van der Waals surface area (Å²) in [6.07, 6.45) is 5.21. The van der Waals surface area contributed by atoms with Gasteiger partial charge < -0.3 is 4.48 Å². The molecule has 0 aromatic heterocycles. The monoisotopic (exact) mass is 261 g/mol. The lowest BCUT2D eigenvalue weighted by molar-refractivity contribution is -0.949. The Hall–Kier alpha value is 0.310. The predicted molar refractivity (Wildman–Crippen MR) is 83.8 cm³/mol. The van der Waals surface area contributed by atoms with Gasteiger partial charge in [-0.2, -0.15) is 0 Å². The zero-order chi connectivity index (χ0) is 13.6. The third kappa shape index (κ3) is 5.65. The van der Waals surface area contributed by atoms with Crippen LogP contribution in [0.1, 0.15) is 54.4 Å². The van der Waals surface area contributed by atoms with Crippen LogP contribution in [0, 0.1) is 0 Å². The zero-order valence-corrected chi connectivity index (χ0v) is 14.2. The maximum Gasteiger partial charge on any atom is 0.112 e. The zero-order valence-electron chi connectivity index (χ0n) is 13.4. The average Bonchev–Trinajstić information content (AvgIpc) is 2.22. The van der Waals surface area contributed by atoms with Gasteiger partial charge in [0.05, 0.1) is 31.9 Å². The molecule has 0 saturated carbocycles. The summed E-state index contributed by atoms with van der Waals surface area (Å²) in [5.74, 6) is 1.42. The van der Waals surface area contributed by atoms with Gasteiger partial charge in [-0.1, -0.05) is 0 Å². The summed E-state index contributed by atoms with van der Waals surface area (Å²) in [6.45, 7) is 15.5. The van der Waals surface area contributed by atoms with Crippen LogP contribution in [-0.4, -0.2) is 47.4 Å². The van der Waals surface area contributed by atoms with Crippen molar-refractivity contribution in [2.75, 3.05) is 25.6 Å². The van der Waals surface area contributed by atoms with Crippen molar-refractivity contribution in [3.8, 4) is 0 Å². The number of rotatable bonds is 8. The highest BCUT2D eigenvalue weighted by Gasteiger charge is 2.29. The molecule has 0 heterocycles. The van der Waals surface area contributed by atoms with Crippen molar-refractivity contribution in [3.05, 3.63) is 0 Å². The summed E-state index contributed by atoms with van der Waals surface area (Å²) in [4.78, 5) is 0. The fourth-order valence-corrected chi connectivity index (χ4v) is 3.26. The van der Waals surface area contributed by atoms with Gasteiger partial charge in [0.1, 0.15) is 11.0 Å². The van der Waals surface area contributed by atoms with Crippen molar-refractivity contribution >= 4 is 10.9 Å². The molecule has 0 bridgehead atoms. The average molecular weight is 262 g/mol. The lowest BCUT2D eigenvalue weighted by atomic mass is 10.1. The largest absolute Gasteiger partial charge is 0.322 e. The van der Waals surface area contributed by atoms with Gasteiger partial charge in [-0.05, 0) is 58.9 Å². The second kappa shape index (κ2) is 7.68. The summed E-state index contributed by atoms with van der Waals surface area (Å²) in [6, 6.07) is 1.47. The molecule has 1 atom stereocenters. The molecule has 0 saturated heterocycles. The fourth-order valence-electron chi connectivity index (χ4n) is 2.13. The molecule has 1 nitrogen and oxygen atoms in total. The molecule has 0 spiro atoms. The molecule has 0 aliphatic carbocycles. The highest BCUT2D eigenvalue weighted by atomic mass is 32.2. The van der Waals surface area contributed by atoms with E-state index < -0.39 is 0 Å². The van der Waals surface area contributed by atoms with Crippen LogP contribution < -0.4 is 0 Å². The maximum atomic E-state index is 2.42. The first-order valence-electron chi connectivity index (χ1n) is 7.18. The Morgan fingerprint density at radius 1 is 0.882 bits per heavy atom. The van der Waals surface area contributed by atoms with E-state index in [0.29, 0.717) is 10.9 Å². The smallest absolute Gasteiger partial charge is 0.112 e. The molecule has 0 aliphatic rings. The van der Waals surface area contributed by atoms with Crippen molar-refractivity contribution in [2.24, 2.45) is 0 Å². The van der Waals surface area contributed by atoms with E-state index in [1.165, 1.54) is 29.6 Å². The van der Waals surface area contributed by atoms with Crippen molar-refractivity contribution in [1.29, 1.82) is 0 Å². The molecule has 0 amide bonds. The van der Waals surface area contributed by atoms with Gasteiger partial charge in [0.25, 0.3) is 0 Å². The molecule has 0 fully saturated rings. The van der Waals surface area contributed by atoms with Crippen LogP contribution in [0.2, 0.25) is 0 Å². The lowest BCUT2D eigenvalue weighted by Crippen LogP contribution is -2.55. The Bertz CT molecular complexity index is 191. The molecule has 0 rings (SSSR count). The van der Waals surface area contributed by atoms with Gasteiger partial charge in [0, 0.05) is 6.42 Å². The molecule has 0 radical (unpaired) electrons. The van der Waals surface area contributed by atoms with Gasteiger partial charge in [-0.3, -0.25) is 0 Å². The highest BCUT2D eigenvalue weighted by molar-refractivity contribution is 7.96. The maximum absolute atomic E-state index is 2.42. The van der Waals surface area contributed by atoms with Crippen LogP contribution in [-0.2, 0) is 10.9 Å². The van der Waals surface area contributed by atoms with E-state index >= 15 is 0 Å². The van der Waals surface area contributed by atoms with Crippen LogP contribution in [0.3, 0.4) is 0 Å². The molecule has 0 N–H and O–H groups in total. The highest BCUT2D eigenvalue weighted by Crippen LogP contribution is 2.18. The Balaban J connectivity index is 4.01. The van der Waals surface area contributed by atoms with E-state index in [9.17, 15) is 0 Å². The van der Waals surface area contributed by atoms with E-state index in [1.54, 1.807) is 0 Å². The Labute approximate surface area is 113 Å². The van der Waals surface area contributed by atoms with E-state index in [1.807, 2.05) is 0 Å². The van der Waals surface area contributed by atoms with E-state index in [-0.39, 0.29) is 0 Å². The Morgan fingerprint density at radius 3 is 1.71 bits per heavy atom. The SMILES string of the molecule is CC(C)[S+](C)CCCC[N+](C)(C(C)C)C(C)C. The summed E-state index contributed by atoms with van der Waals surface area (Å²) in [5, 5.41) is 0.867. The van der Waals surface area contributed by atoms with Gasteiger partial charge in [-0.25, -0.2) is 0 Å². The van der Waals surface area contributed by atoms with Crippen molar-refractivity contribution in [1.82, 2.24) is 0 Å². The first kappa shape index (κ1) is 17.3. The first-order valence-corrected chi connectivity index (χ1v) is 9.04. The molecule has 0 aromatic rings. The van der Waals surface area contributed by atoms with Gasteiger partial charge in [0.2, 0.25) is 0 Å². The minimum absolute atomic E-state index is 0.622. The number of quaternary nitrogens is 1. The second-order valence-electron chi connectivity index (χ2n) is 6.41. The van der Waals surface area contributed by atoms with Crippen molar-refractivity contribution in [3.63, 3.8) is 0 Å². The van der Waals surface area contributed by atoms with Gasteiger partial charge in [0.15, 0.2) is 0 Å². The summed E-state index contributed by atoms with van der Waals surface area (Å²) >= 11 is 0. The van der Waals surface area contributed by atoms with Crippen molar-refractivity contribution in [2.45, 2.75) is 71.7 Å². The van der Waals surface area contributed by atoms with E-state index in [2.05, 4.69) is 54.8 Å². The molecule has 0 aliphatic heterocycles. The molecule has 2 heteroatoms. The van der Waals surface area contributed by atoms with E-state index in [4.69, 9.17) is 0 Å². The number of hydrogen-bond acceptors (Lipinski definition) is 0. The number of unbranched alkanes of at least 4 members (excludes halogenated alkanes) is 1. The van der Waals surface area contributed by atoms with Gasteiger partial charge >= 0.3 is 0 Å². The summed E-state index contributed by atoms with van der Waals surface area (Å²) in [5.41, 5.74) is 0. The quantitative estimate of drug-likeness (QED) is 0.355. The minimum Gasteiger partial charge on any atom is -0.322 e. The van der Waals surface area contributed by atoms with Crippen LogP contribution in [0.5, 0.6) is 0 Å². The standard InChI is InChI=1S/C15H35NS/c1-13(2)16(7,14(3)4)11-9-10-12-17(8)15(5)6/h13-15H,9-12H2,1-8H3/q+2. The lowest BCUT2D eigenvalue weighted by Gasteiger charge is -2.42. The molecule has 1 unspecified atom stereocenters. The third-order valence-corrected chi connectivity index (χ3v) is 7.06. The summed E-state index contributed by atoms with van der Waals surface area (Å²) in [7, 11) is 3.04. The van der Waals surface area contributed by atoms with Crippen LogP contribution in [0.15, 0.2) is 0 Å². The van der Waals surface area contributed by atoms with Crippen LogP contribution in [0.25, 0.3) is 0 Å². The molecular formula is C15H35NS+2. The minimum atomic E-state index is 0.622. The Morgan fingerprint density at radius 2 is 1.35 bits per heavy atom. The third-order valence-electron chi connectivity index (χ3n) is 4.52. The molecular weight excluding hydrogens is 226 g/mol. The topological polar surface area (TPSA) is 0 Å².